The van der Waals surface area contributed by atoms with Gasteiger partial charge in [-0.2, -0.15) is 0 Å². The van der Waals surface area contributed by atoms with Crippen molar-refractivity contribution in [2.45, 2.75) is 37.4 Å². The molecular formula is C20H23N5O4. The Labute approximate surface area is 168 Å². The van der Waals surface area contributed by atoms with Crippen LogP contribution in [0.1, 0.15) is 31.2 Å². The molecule has 2 fully saturated rings. The minimum atomic E-state index is -1.70. The quantitative estimate of drug-likeness (QED) is 0.410. The first-order valence-corrected chi connectivity index (χ1v) is 9.30. The van der Waals surface area contributed by atoms with Gasteiger partial charge in [-0.25, -0.2) is 9.98 Å². The lowest BCUT2D eigenvalue weighted by molar-refractivity contribution is -0.137. The van der Waals surface area contributed by atoms with Crippen LogP contribution < -0.4 is 5.73 Å². The monoisotopic (exact) mass is 397 g/mol. The SMILES string of the molecule is CN1CCC(O)(C#Cc2ccnc(N=C3CC(O)CCC3C(=N)C(N)=O)c2)C1=O. The minimum absolute atomic E-state index is 0.221. The summed E-state index contributed by atoms with van der Waals surface area (Å²) in [5, 5.41) is 28.3. The van der Waals surface area contributed by atoms with Gasteiger partial charge in [-0.05, 0) is 25.0 Å². The van der Waals surface area contributed by atoms with Gasteiger partial charge in [0.2, 0.25) is 5.60 Å². The highest BCUT2D eigenvalue weighted by atomic mass is 16.3. The van der Waals surface area contributed by atoms with Gasteiger partial charge >= 0.3 is 0 Å². The minimum Gasteiger partial charge on any atom is -0.393 e. The average molecular weight is 397 g/mol. The number of aliphatic imine (C=N–C) groups is 1. The highest BCUT2D eigenvalue weighted by Crippen LogP contribution is 2.26. The van der Waals surface area contributed by atoms with E-state index in [4.69, 9.17) is 11.1 Å². The molecule has 1 aromatic rings. The van der Waals surface area contributed by atoms with Crippen LogP contribution in [0, 0.1) is 23.2 Å². The molecule has 1 saturated carbocycles. The first-order chi connectivity index (χ1) is 13.7. The van der Waals surface area contributed by atoms with E-state index in [-0.39, 0.29) is 18.6 Å². The maximum Gasteiger partial charge on any atom is 0.267 e. The van der Waals surface area contributed by atoms with Gasteiger partial charge in [-0.1, -0.05) is 11.8 Å². The number of likely N-dealkylation sites (N-methyl/N-ethyl adjacent to an activating group) is 1. The molecule has 3 rings (SSSR count). The molecule has 1 aliphatic heterocycles. The molecule has 9 nitrogen and oxygen atoms in total. The lowest BCUT2D eigenvalue weighted by Gasteiger charge is -2.27. The van der Waals surface area contributed by atoms with Crippen molar-refractivity contribution in [3.63, 3.8) is 0 Å². The Morgan fingerprint density at radius 2 is 2.24 bits per heavy atom. The number of aliphatic hydroxyl groups is 2. The molecule has 152 valence electrons. The van der Waals surface area contributed by atoms with Crippen molar-refractivity contribution in [3.05, 3.63) is 23.9 Å². The predicted molar refractivity (Wildman–Crippen MR) is 106 cm³/mol. The fourth-order valence-electron chi connectivity index (χ4n) is 3.47. The van der Waals surface area contributed by atoms with Crippen LogP contribution in [0.3, 0.4) is 0 Å². The van der Waals surface area contributed by atoms with E-state index in [1.54, 1.807) is 19.2 Å². The Kier molecular flexibility index (Phi) is 5.77. The van der Waals surface area contributed by atoms with Crippen molar-refractivity contribution in [1.82, 2.24) is 9.88 Å². The number of aliphatic hydroxyl groups excluding tert-OH is 1. The summed E-state index contributed by atoms with van der Waals surface area (Å²) in [4.78, 5) is 33.5. The summed E-state index contributed by atoms with van der Waals surface area (Å²) < 4.78 is 0. The number of nitrogens with two attached hydrogens (primary N) is 1. The third kappa shape index (κ3) is 4.50. The molecule has 2 heterocycles. The van der Waals surface area contributed by atoms with Gasteiger partial charge < -0.3 is 20.8 Å². The van der Waals surface area contributed by atoms with Crippen molar-refractivity contribution >= 4 is 29.1 Å². The van der Waals surface area contributed by atoms with Crippen LogP contribution in [-0.2, 0) is 9.59 Å². The number of aromatic nitrogens is 1. The van der Waals surface area contributed by atoms with Crippen LogP contribution in [0.4, 0.5) is 5.82 Å². The van der Waals surface area contributed by atoms with E-state index in [1.807, 2.05) is 0 Å². The van der Waals surface area contributed by atoms with Crippen molar-refractivity contribution in [2.75, 3.05) is 13.6 Å². The average Bonchev–Trinajstić information content (AvgIpc) is 2.94. The standard InChI is InChI=1S/C20H23N5O4/c1-25-9-7-20(29,19(25)28)6-4-12-5-8-23-16(10-12)24-15-11-13(26)2-3-14(15)17(21)18(22)27/h5,8,10,13-14,21,26,29H,2-3,7,9,11H2,1H3,(H2,22,27). The molecule has 0 radical (unpaired) electrons. The molecule has 1 aliphatic carbocycles. The Balaban J connectivity index is 1.87. The van der Waals surface area contributed by atoms with E-state index < -0.39 is 29.4 Å². The fourth-order valence-corrected chi connectivity index (χ4v) is 3.47. The number of hydrogen-bond acceptors (Lipinski definition) is 7. The van der Waals surface area contributed by atoms with Gasteiger partial charge in [-0.15, -0.1) is 0 Å². The van der Waals surface area contributed by atoms with E-state index in [0.717, 1.165) is 0 Å². The van der Waals surface area contributed by atoms with Crippen molar-refractivity contribution in [1.29, 1.82) is 5.41 Å². The summed E-state index contributed by atoms with van der Waals surface area (Å²) in [6, 6.07) is 3.21. The highest BCUT2D eigenvalue weighted by Gasteiger charge is 2.42. The van der Waals surface area contributed by atoms with Gasteiger partial charge in [-0.3, -0.25) is 15.0 Å². The third-order valence-electron chi connectivity index (χ3n) is 5.18. The molecule has 2 aliphatic rings. The predicted octanol–water partition coefficient (Wildman–Crippen LogP) is -0.235. The van der Waals surface area contributed by atoms with E-state index in [0.29, 0.717) is 36.5 Å². The van der Waals surface area contributed by atoms with Gasteiger partial charge in [0.25, 0.3) is 11.8 Å². The second-order valence-electron chi connectivity index (χ2n) is 7.36. The molecule has 1 saturated heterocycles. The highest BCUT2D eigenvalue weighted by molar-refractivity contribution is 6.41. The van der Waals surface area contributed by atoms with Crippen LogP contribution in [0.2, 0.25) is 0 Å². The van der Waals surface area contributed by atoms with E-state index in [2.05, 4.69) is 21.8 Å². The Morgan fingerprint density at radius 3 is 2.90 bits per heavy atom. The van der Waals surface area contributed by atoms with Crippen molar-refractivity contribution in [2.24, 2.45) is 16.6 Å². The summed E-state index contributed by atoms with van der Waals surface area (Å²) in [6.07, 6.45) is 2.21. The van der Waals surface area contributed by atoms with Gasteiger partial charge in [0.05, 0.1) is 6.10 Å². The maximum absolute atomic E-state index is 12.0. The first kappa shape index (κ1) is 20.6. The van der Waals surface area contributed by atoms with Crippen molar-refractivity contribution < 1.29 is 19.8 Å². The van der Waals surface area contributed by atoms with Crippen molar-refractivity contribution in [3.8, 4) is 11.8 Å². The number of amides is 2. The summed E-state index contributed by atoms with van der Waals surface area (Å²) in [5.41, 5.74) is 4.29. The smallest absolute Gasteiger partial charge is 0.267 e. The Morgan fingerprint density at radius 1 is 1.48 bits per heavy atom. The van der Waals surface area contributed by atoms with E-state index >= 15 is 0 Å². The number of nitrogens with one attached hydrogen (secondary N) is 1. The molecule has 29 heavy (non-hydrogen) atoms. The van der Waals surface area contributed by atoms with E-state index in [9.17, 15) is 19.8 Å². The maximum atomic E-state index is 12.0. The number of nitrogens with zero attached hydrogens (tertiary/aromatic N) is 3. The molecule has 0 bridgehead atoms. The number of likely N-dealkylation sites (tertiary alicyclic amines) is 1. The molecule has 0 aromatic carbocycles. The molecule has 3 atom stereocenters. The zero-order valence-electron chi connectivity index (χ0n) is 16.1. The van der Waals surface area contributed by atoms with Crippen LogP contribution in [0.15, 0.2) is 23.3 Å². The summed E-state index contributed by atoms with van der Waals surface area (Å²) in [7, 11) is 1.61. The number of rotatable bonds is 3. The summed E-state index contributed by atoms with van der Waals surface area (Å²) >= 11 is 0. The number of pyridine rings is 1. The van der Waals surface area contributed by atoms with E-state index in [1.165, 1.54) is 11.1 Å². The lowest BCUT2D eigenvalue weighted by Crippen LogP contribution is -2.39. The normalized spacial score (nSPS) is 28.2. The van der Waals surface area contributed by atoms with Crippen LogP contribution in [-0.4, -0.2) is 68.6 Å². The number of hydrogen-bond donors (Lipinski definition) is 4. The second-order valence-corrected chi connectivity index (χ2v) is 7.36. The van der Waals surface area contributed by atoms with Crippen LogP contribution >= 0.6 is 0 Å². The topological polar surface area (TPSA) is 153 Å². The summed E-state index contributed by atoms with van der Waals surface area (Å²) in [5.74, 6) is 3.93. The second kappa shape index (κ2) is 8.11. The molecule has 1 aromatic heterocycles. The molecule has 5 N–H and O–H groups in total. The van der Waals surface area contributed by atoms with Gasteiger partial charge in [0.15, 0.2) is 5.82 Å². The molecule has 2 amide bonds. The summed E-state index contributed by atoms with van der Waals surface area (Å²) in [6.45, 7) is 0.439. The van der Waals surface area contributed by atoms with Gasteiger partial charge in [0, 0.05) is 49.8 Å². The number of carbonyl (C=O) groups excluding carboxylic acids is 2. The van der Waals surface area contributed by atoms with Crippen LogP contribution in [0.5, 0.6) is 0 Å². The molecular weight excluding hydrogens is 374 g/mol. The first-order valence-electron chi connectivity index (χ1n) is 9.30. The molecule has 3 unspecified atom stereocenters. The largest absolute Gasteiger partial charge is 0.393 e. The number of carbonyl (C=O) groups is 2. The third-order valence-corrected chi connectivity index (χ3v) is 5.18. The zero-order valence-corrected chi connectivity index (χ0v) is 16.1. The van der Waals surface area contributed by atoms with Gasteiger partial charge in [0.1, 0.15) is 5.71 Å². The fraction of sp³-hybridized carbons (Fsp3) is 0.450. The zero-order chi connectivity index (χ0) is 21.2. The Bertz CT molecular complexity index is 948. The molecule has 0 spiro atoms. The Hall–Kier alpha value is -3.09. The number of primary amides is 1. The molecule has 9 heteroatoms. The lowest BCUT2D eigenvalue weighted by atomic mass is 9.82. The van der Waals surface area contributed by atoms with Crippen LogP contribution in [0.25, 0.3) is 0 Å².